The number of rotatable bonds is 0. The second-order valence-corrected chi connectivity index (χ2v) is 7.79. The summed E-state index contributed by atoms with van der Waals surface area (Å²) in [5.74, 6) is 0. The summed E-state index contributed by atoms with van der Waals surface area (Å²) in [5.41, 5.74) is 0. The molecule has 0 amide bonds. The van der Waals surface area contributed by atoms with Gasteiger partial charge >= 0.3 is 38.8 Å². The SMILES string of the molecule is ClC(Cl)Cl.[O]=[Cr](=[O])([Cl])[Cl]. The zero-order valence-corrected chi connectivity index (χ0v) is 8.75. The Morgan fingerprint density at radius 2 is 1.00 bits per heavy atom. The van der Waals surface area contributed by atoms with Crippen LogP contribution in [0.5, 0.6) is 0 Å². The number of hydrogen-bond acceptors (Lipinski definition) is 2. The van der Waals surface area contributed by atoms with Gasteiger partial charge in [-0.3, -0.25) is 0 Å². The Balaban J connectivity index is 0. The van der Waals surface area contributed by atoms with Gasteiger partial charge in [0.1, 0.15) is 0 Å². The van der Waals surface area contributed by atoms with Crippen LogP contribution in [0.15, 0.2) is 0 Å². The van der Waals surface area contributed by atoms with E-state index in [4.69, 9.17) is 34.8 Å². The molecule has 0 aliphatic carbocycles. The van der Waals surface area contributed by atoms with E-state index in [1.807, 2.05) is 0 Å². The van der Waals surface area contributed by atoms with Crippen LogP contribution in [-0.4, -0.2) is 4.30 Å². The van der Waals surface area contributed by atoms with Crippen LogP contribution < -0.4 is 0 Å². The molecule has 0 aromatic carbocycles. The van der Waals surface area contributed by atoms with E-state index >= 15 is 0 Å². The molecular weight excluding hydrogens is 273 g/mol. The van der Waals surface area contributed by atoms with Gasteiger partial charge in [-0.15, -0.1) is 0 Å². The standard InChI is InChI=1S/CHCl3.2ClH.Cr.2O/c2-1(3)4;;;;;/h1H;2*1H;;;/q;;;+2;;/p-2. The third-order valence-corrected chi connectivity index (χ3v) is 0. The van der Waals surface area contributed by atoms with Crippen molar-refractivity contribution < 1.29 is 18.7 Å². The first-order chi connectivity index (χ1) is 3.73. The molecule has 58 valence electrons. The Bertz CT molecular complexity index is 126. The molecule has 8 heteroatoms. The molecule has 0 spiro atoms. The zero-order valence-electron chi connectivity index (χ0n) is 3.69. The fourth-order valence-electron chi connectivity index (χ4n) is 0. The fourth-order valence-corrected chi connectivity index (χ4v) is 0. The van der Waals surface area contributed by atoms with E-state index in [1.165, 1.54) is 0 Å². The molecule has 0 saturated carbocycles. The van der Waals surface area contributed by atoms with Crippen LogP contribution >= 0.6 is 54.9 Å². The van der Waals surface area contributed by atoms with Crippen LogP contribution in [0.1, 0.15) is 0 Å². The Morgan fingerprint density at radius 1 is 1.00 bits per heavy atom. The van der Waals surface area contributed by atoms with Crippen LogP contribution in [0, 0.1) is 0 Å². The average molecular weight is 274 g/mol. The summed E-state index contributed by atoms with van der Waals surface area (Å²) in [7, 11) is 8.68. The van der Waals surface area contributed by atoms with Crippen LogP contribution in [0.3, 0.4) is 0 Å². The monoisotopic (exact) mass is 272 g/mol. The Hall–Kier alpha value is 1.58. The summed E-state index contributed by atoms with van der Waals surface area (Å²) in [6.45, 7) is 0. The molecule has 0 atom stereocenters. The van der Waals surface area contributed by atoms with Gasteiger partial charge < -0.3 is 0 Å². The van der Waals surface area contributed by atoms with E-state index in [1.54, 1.807) is 0 Å². The van der Waals surface area contributed by atoms with Crippen molar-refractivity contribution in [3.8, 4) is 0 Å². The molecule has 0 aliphatic rings. The van der Waals surface area contributed by atoms with Gasteiger partial charge in [0.25, 0.3) is 0 Å². The van der Waals surface area contributed by atoms with Crippen molar-refractivity contribution in [3.63, 3.8) is 0 Å². The van der Waals surface area contributed by atoms with Crippen molar-refractivity contribution in [1.29, 1.82) is 0 Å². The van der Waals surface area contributed by atoms with Crippen molar-refractivity contribution in [2.45, 2.75) is 4.30 Å². The van der Waals surface area contributed by atoms with Gasteiger partial charge in [0.15, 0.2) is 4.30 Å². The van der Waals surface area contributed by atoms with E-state index in [0.717, 1.165) is 0 Å². The maximum absolute atomic E-state index is 9.24. The Kier molecular flexibility index (Phi) is 9.24. The van der Waals surface area contributed by atoms with E-state index in [9.17, 15) is 7.61 Å². The molecule has 0 fully saturated rings. The normalized spacial score (nSPS) is 10.4. The molecule has 0 saturated heterocycles. The zero-order chi connectivity index (χ0) is 8.08. The molecule has 0 aliphatic heterocycles. The summed E-state index contributed by atoms with van der Waals surface area (Å²) >= 11 is 10.1. The summed E-state index contributed by atoms with van der Waals surface area (Å²) in [4.78, 5) is 0. The number of alkyl halides is 3. The first-order valence-electron chi connectivity index (χ1n) is 1.30. The van der Waals surface area contributed by atoms with Gasteiger partial charge in [-0.25, -0.2) is 0 Å². The quantitative estimate of drug-likeness (QED) is 0.636. The topological polar surface area (TPSA) is 34.1 Å². The molecule has 0 rings (SSSR count). The molecule has 2 nitrogen and oxygen atoms in total. The second-order valence-electron chi connectivity index (χ2n) is 0.626. The first-order valence-corrected chi connectivity index (χ1v) is 7.16. The molecular formula is CHCl5CrO2. The van der Waals surface area contributed by atoms with E-state index < -0.39 is 15.4 Å². The fraction of sp³-hybridized carbons (Fsp3) is 1.00. The van der Waals surface area contributed by atoms with Crippen molar-refractivity contribution in [1.82, 2.24) is 0 Å². The molecule has 0 aromatic rings. The van der Waals surface area contributed by atoms with E-state index in [2.05, 4.69) is 20.1 Å². The predicted octanol–water partition coefficient (Wildman–Crippen LogP) is 3.13. The molecule has 0 heterocycles. The number of hydrogen-bond donors (Lipinski definition) is 0. The third-order valence-electron chi connectivity index (χ3n) is 0. The minimum absolute atomic E-state index is 0.750. The van der Waals surface area contributed by atoms with Gasteiger partial charge in [0.2, 0.25) is 0 Å². The van der Waals surface area contributed by atoms with Crippen molar-refractivity contribution in [2.75, 3.05) is 0 Å². The number of halogens is 5. The molecule has 0 unspecified atom stereocenters. The summed E-state index contributed by atoms with van der Waals surface area (Å²) in [6, 6.07) is 0. The molecule has 0 bridgehead atoms. The summed E-state index contributed by atoms with van der Waals surface area (Å²) < 4.78 is 17.7. The predicted molar refractivity (Wildman–Crippen MR) is 34.4 cm³/mol. The molecule has 9 heavy (non-hydrogen) atoms. The Labute approximate surface area is 77.5 Å². The van der Waals surface area contributed by atoms with Gasteiger partial charge in [-0.2, -0.15) is 0 Å². The molecule has 0 radical (unpaired) electrons. The van der Waals surface area contributed by atoms with Crippen LogP contribution in [-0.2, 0) is 18.7 Å². The van der Waals surface area contributed by atoms with Crippen molar-refractivity contribution >= 4 is 54.9 Å². The van der Waals surface area contributed by atoms with E-state index in [0.29, 0.717) is 0 Å². The Morgan fingerprint density at radius 3 is 1.00 bits per heavy atom. The molecule has 0 aromatic heterocycles. The van der Waals surface area contributed by atoms with E-state index in [-0.39, 0.29) is 0 Å². The van der Waals surface area contributed by atoms with Gasteiger partial charge in [0.05, 0.1) is 0 Å². The molecule has 0 N–H and O–H groups in total. The summed E-state index contributed by atoms with van der Waals surface area (Å²) in [6.07, 6.45) is 0. The third kappa shape index (κ3) is 220. The van der Waals surface area contributed by atoms with Gasteiger partial charge in [-0.05, 0) is 0 Å². The first kappa shape index (κ1) is 13.2. The van der Waals surface area contributed by atoms with Gasteiger partial charge in [-0.1, -0.05) is 34.8 Å². The van der Waals surface area contributed by atoms with Crippen molar-refractivity contribution in [2.24, 2.45) is 0 Å². The summed E-state index contributed by atoms with van der Waals surface area (Å²) in [5, 5.41) is 0. The van der Waals surface area contributed by atoms with Crippen LogP contribution in [0.2, 0.25) is 0 Å². The van der Waals surface area contributed by atoms with Crippen molar-refractivity contribution in [3.05, 3.63) is 0 Å². The van der Waals surface area contributed by atoms with Crippen LogP contribution in [0.25, 0.3) is 0 Å². The second kappa shape index (κ2) is 6.30. The van der Waals surface area contributed by atoms with Gasteiger partial charge in [0, 0.05) is 0 Å². The maximum atomic E-state index is 9.24. The average Bonchev–Trinajstić information content (AvgIpc) is 1.19. The minimum atomic E-state index is -4.31. The van der Waals surface area contributed by atoms with Crippen LogP contribution in [0.4, 0.5) is 0 Å².